The Bertz CT molecular complexity index is 2160. The number of carboxylic acids is 1. The van der Waals surface area contributed by atoms with Gasteiger partial charge in [0.2, 0.25) is 0 Å². The Morgan fingerprint density at radius 1 is 0.655 bits per heavy atom. The fourth-order valence-electron chi connectivity index (χ4n) is 6.81. The van der Waals surface area contributed by atoms with Crippen LogP contribution in [-0.2, 0) is 4.79 Å². The molecule has 1 N–H and O–H groups in total. The third-order valence-electron chi connectivity index (χ3n) is 9.77. The quantitative estimate of drug-likeness (QED) is 0.0490. The number of hydrogen-bond donors (Lipinski definition) is 1. The highest BCUT2D eigenvalue weighted by Crippen LogP contribution is 2.60. The maximum atomic E-state index is 11.7. The number of anilines is 3. The summed E-state index contributed by atoms with van der Waals surface area (Å²) in [5, 5.41) is 19.0. The van der Waals surface area contributed by atoms with Gasteiger partial charge in [0.05, 0.1) is 32.7 Å². The van der Waals surface area contributed by atoms with Crippen molar-refractivity contribution in [2.24, 2.45) is 0 Å². The number of nitriles is 1. The largest absolute Gasteiger partial charge is 0.494 e. The van der Waals surface area contributed by atoms with E-state index in [1.807, 2.05) is 24.3 Å². The maximum absolute atomic E-state index is 11.7. The molecule has 0 bridgehead atoms. The average molecular weight is 821 g/mol. The molecule has 302 valence electrons. The van der Waals surface area contributed by atoms with Crippen LogP contribution in [0.15, 0.2) is 78.4 Å². The van der Waals surface area contributed by atoms with E-state index < -0.39 is 11.5 Å². The van der Waals surface area contributed by atoms with Gasteiger partial charge in [-0.2, -0.15) is 5.26 Å². The van der Waals surface area contributed by atoms with Crippen LogP contribution in [0.25, 0.3) is 26.3 Å². The summed E-state index contributed by atoms with van der Waals surface area (Å²) >= 11 is 2.81. The fraction of sp³-hybridized carbons (Fsp3) is 0.348. The minimum Gasteiger partial charge on any atom is -0.494 e. The number of benzene rings is 3. The Kier molecular flexibility index (Phi) is 13.8. The summed E-state index contributed by atoms with van der Waals surface area (Å²) in [5.74, 6) is 2.56. The first-order valence-electron chi connectivity index (χ1n) is 20.1. The summed E-state index contributed by atoms with van der Waals surface area (Å²) in [6.07, 6.45) is 10.6. The van der Waals surface area contributed by atoms with E-state index in [1.165, 1.54) is 67.3 Å². The molecule has 0 aliphatic carbocycles. The lowest BCUT2D eigenvalue weighted by Gasteiger charge is -2.26. The van der Waals surface area contributed by atoms with Gasteiger partial charge in [-0.25, -0.2) is 4.79 Å². The lowest BCUT2D eigenvalue weighted by Crippen LogP contribution is -2.15. The Morgan fingerprint density at radius 3 is 1.59 bits per heavy atom. The monoisotopic (exact) mass is 820 g/mol. The Balaban J connectivity index is 1.20. The van der Waals surface area contributed by atoms with Crippen molar-refractivity contribution in [3.05, 3.63) is 83.2 Å². The highest BCUT2D eigenvalue weighted by Gasteiger charge is 2.33. The van der Waals surface area contributed by atoms with E-state index in [-0.39, 0.29) is 0 Å². The van der Waals surface area contributed by atoms with E-state index in [0.29, 0.717) is 67.5 Å². The van der Waals surface area contributed by atoms with Crippen LogP contribution in [0, 0.1) is 11.3 Å². The number of nitrogens with zero attached hydrogens (tertiary/aromatic N) is 2. The normalized spacial score (nSPS) is 13.2. The van der Waals surface area contributed by atoms with Gasteiger partial charge in [0, 0.05) is 17.1 Å². The van der Waals surface area contributed by atoms with E-state index in [9.17, 15) is 15.2 Å². The average Bonchev–Trinajstić information content (AvgIpc) is 3.82. The van der Waals surface area contributed by atoms with E-state index >= 15 is 0 Å². The van der Waals surface area contributed by atoms with Crippen molar-refractivity contribution < 1.29 is 38.3 Å². The van der Waals surface area contributed by atoms with Crippen LogP contribution < -0.4 is 33.3 Å². The molecule has 0 unspecified atom stereocenters. The molecule has 4 heterocycles. The lowest BCUT2D eigenvalue weighted by molar-refractivity contribution is -0.132. The van der Waals surface area contributed by atoms with Gasteiger partial charge in [0.15, 0.2) is 23.0 Å². The number of aliphatic carboxylic acids is 1. The molecule has 0 fully saturated rings. The molecule has 3 aromatic carbocycles. The van der Waals surface area contributed by atoms with Crippen molar-refractivity contribution in [2.45, 2.75) is 65.2 Å². The van der Waals surface area contributed by atoms with Gasteiger partial charge in [0.25, 0.3) is 0 Å². The molecule has 0 atom stereocenters. The Hall–Kier alpha value is -5.64. The van der Waals surface area contributed by atoms with Gasteiger partial charge < -0.3 is 38.4 Å². The SMILES string of the molecule is CCCCCCOc1ccc(N(c2ccc(OCCCCCC)cc2)c2ccc(-c3sc(-c4sc(/C=C(\C#N)C(=O)O)c5c4OCCO5)c4c3OCCO4)cc2)cc1. The van der Waals surface area contributed by atoms with Crippen LogP contribution in [-0.4, -0.2) is 50.7 Å². The van der Waals surface area contributed by atoms with E-state index in [2.05, 4.69) is 67.3 Å². The second-order valence-corrected chi connectivity index (χ2v) is 16.0. The van der Waals surface area contributed by atoms with E-state index in [0.717, 1.165) is 61.6 Å². The zero-order chi connectivity index (χ0) is 40.3. The van der Waals surface area contributed by atoms with Crippen LogP contribution >= 0.6 is 22.7 Å². The number of fused-ring (bicyclic) bond motifs is 2. The predicted molar refractivity (Wildman–Crippen MR) is 230 cm³/mol. The summed E-state index contributed by atoms with van der Waals surface area (Å²) in [7, 11) is 0. The van der Waals surface area contributed by atoms with Crippen LogP contribution in [0.5, 0.6) is 34.5 Å². The summed E-state index contributed by atoms with van der Waals surface area (Å²) in [4.78, 5) is 16.8. The van der Waals surface area contributed by atoms with Crippen molar-refractivity contribution >= 4 is 51.8 Å². The maximum Gasteiger partial charge on any atom is 0.346 e. The first kappa shape index (κ1) is 40.6. The molecule has 2 aliphatic rings. The van der Waals surface area contributed by atoms with Gasteiger partial charge in [-0.15, -0.1) is 22.7 Å². The molecular weight excluding hydrogens is 773 g/mol. The van der Waals surface area contributed by atoms with Gasteiger partial charge in [-0.1, -0.05) is 64.5 Å². The summed E-state index contributed by atoms with van der Waals surface area (Å²) in [5.41, 5.74) is 3.50. The number of hydrogen-bond acceptors (Lipinski definition) is 11. The predicted octanol–water partition coefficient (Wildman–Crippen LogP) is 12.1. The van der Waals surface area contributed by atoms with Crippen molar-refractivity contribution in [2.75, 3.05) is 44.5 Å². The van der Waals surface area contributed by atoms with Gasteiger partial charge in [0.1, 0.15) is 49.6 Å². The second kappa shape index (κ2) is 19.7. The molecule has 0 saturated carbocycles. The van der Waals surface area contributed by atoms with Gasteiger partial charge in [-0.3, -0.25) is 0 Å². The van der Waals surface area contributed by atoms with Gasteiger partial charge >= 0.3 is 5.97 Å². The topological polar surface area (TPSA) is 120 Å². The zero-order valence-electron chi connectivity index (χ0n) is 32.9. The Morgan fingerprint density at radius 2 is 1.10 bits per heavy atom. The number of rotatable bonds is 19. The van der Waals surface area contributed by atoms with Crippen molar-refractivity contribution in [1.29, 1.82) is 5.26 Å². The molecule has 0 amide bonds. The molecule has 10 nitrogen and oxygen atoms in total. The zero-order valence-corrected chi connectivity index (χ0v) is 34.6. The minimum atomic E-state index is -1.31. The van der Waals surface area contributed by atoms with Gasteiger partial charge in [-0.05, 0) is 85.1 Å². The number of thiophene rings is 2. The number of ether oxygens (including phenoxy) is 6. The molecule has 2 aliphatic heterocycles. The number of unbranched alkanes of at least 4 members (excludes halogenated alkanes) is 6. The first-order chi connectivity index (χ1) is 28.5. The second-order valence-electron chi connectivity index (χ2n) is 13.9. The van der Waals surface area contributed by atoms with Crippen LogP contribution in [0.2, 0.25) is 0 Å². The van der Waals surface area contributed by atoms with Crippen molar-refractivity contribution in [1.82, 2.24) is 0 Å². The molecule has 5 aromatic rings. The number of carboxylic acid groups (broad SMARTS) is 1. The smallest absolute Gasteiger partial charge is 0.346 e. The molecular formula is C46H48N2O8S2. The van der Waals surface area contributed by atoms with Crippen LogP contribution in [0.4, 0.5) is 17.1 Å². The standard InChI is InChI=1S/C46H48N2O8S2/c1-3-5-7-9-23-51-36-19-15-34(16-20-36)48(35-17-21-37(22-18-35)52-24-10-8-6-4-2)33-13-11-31(12-14-33)43-41-42(56-28-27-55-41)45(58-43)44-40-39(53-25-26-54-40)38(57-44)29-32(30-47)46(49)50/h11-22,29H,3-10,23-28H2,1-2H3,(H,49,50)/b32-29+. The third-order valence-corrected chi connectivity index (χ3v) is 12.2. The number of carbonyl (C=O) groups is 1. The van der Waals surface area contributed by atoms with Crippen LogP contribution in [0.3, 0.4) is 0 Å². The Labute approximate surface area is 347 Å². The molecule has 0 saturated heterocycles. The molecule has 7 rings (SSSR count). The van der Waals surface area contributed by atoms with Crippen molar-refractivity contribution in [3.63, 3.8) is 0 Å². The summed E-state index contributed by atoms with van der Waals surface area (Å²) in [6.45, 7) is 7.25. The molecule has 0 spiro atoms. The lowest BCUT2D eigenvalue weighted by atomic mass is 10.1. The van der Waals surface area contributed by atoms with E-state index in [1.54, 1.807) is 6.07 Å². The molecule has 58 heavy (non-hydrogen) atoms. The molecule has 2 aromatic heterocycles. The summed E-state index contributed by atoms with van der Waals surface area (Å²) < 4.78 is 36.7. The molecule has 0 radical (unpaired) electrons. The molecule has 12 heteroatoms. The summed E-state index contributed by atoms with van der Waals surface area (Å²) in [6, 6.07) is 26.6. The highest BCUT2D eigenvalue weighted by atomic mass is 32.1. The third kappa shape index (κ3) is 9.38. The van der Waals surface area contributed by atoms with E-state index in [4.69, 9.17) is 28.4 Å². The van der Waals surface area contributed by atoms with Crippen LogP contribution in [0.1, 0.15) is 70.1 Å². The van der Waals surface area contributed by atoms with Crippen molar-refractivity contribution in [3.8, 4) is 60.8 Å². The fourth-order valence-corrected chi connectivity index (χ4v) is 9.26. The first-order valence-corrected chi connectivity index (χ1v) is 21.7. The highest BCUT2D eigenvalue weighted by molar-refractivity contribution is 7.25. The minimum absolute atomic E-state index is 0.309.